The smallest absolute Gasteiger partial charge is 0.340 e. The second-order valence-corrected chi connectivity index (χ2v) is 7.68. The first kappa shape index (κ1) is 21.1. The van der Waals surface area contributed by atoms with Gasteiger partial charge >= 0.3 is 12.1 Å². The summed E-state index contributed by atoms with van der Waals surface area (Å²) in [7, 11) is 0. The Morgan fingerprint density at radius 3 is 1.65 bits per heavy atom. The van der Waals surface area contributed by atoms with E-state index in [9.17, 15) is 18.0 Å². The number of amides is 1. The Hall–Kier alpha value is -3.12. The van der Waals surface area contributed by atoms with E-state index in [2.05, 4.69) is 10.2 Å². The lowest BCUT2D eigenvalue weighted by Crippen LogP contribution is -2.57. The van der Waals surface area contributed by atoms with E-state index < -0.39 is 18.1 Å². The fourth-order valence-electron chi connectivity index (χ4n) is 4.24. The van der Waals surface area contributed by atoms with E-state index in [1.807, 2.05) is 60.7 Å². The summed E-state index contributed by atoms with van der Waals surface area (Å²) in [5, 5.41) is 2.26. The third-order valence-electron chi connectivity index (χ3n) is 5.76. The molecule has 160 valence electrons. The van der Waals surface area contributed by atoms with Gasteiger partial charge in [-0.3, -0.25) is 9.69 Å². The van der Waals surface area contributed by atoms with E-state index in [4.69, 9.17) is 0 Å². The first-order chi connectivity index (χ1) is 14.9. The van der Waals surface area contributed by atoms with Crippen molar-refractivity contribution in [3.63, 3.8) is 0 Å². The molecule has 3 aromatic rings. The van der Waals surface area contributed by atoms with E-state index >= 15 is 0 Å². The number of alkyl halides is 3. The number of benzene rings is 3. The Labute approximate surface area is 179 Å². The molecule has 0 bridgehead atoms. The van der Waals surface area contributed by atoms with Gasteiger partial charge in [0, 0.05) is 12.6 Å². The Morgan fingerprint density at radius 2 is 1.26 bits per heavy atom. The highest BCUT2D eigenvalue weighted by atomic mass is 19.4. The number of nitrogens with zero attached hydrogens (tertiary/aromatic N) is 1. The molecular weight excluding hydrogens is 401 g/mol. The Kier molecular flexibility index (Phi) is 6.09. The summed E-state index contributed by atoms with van der Waals surface area (Å²) in [5.41, 5.74) is 2.79. The van der Waals surface area contributed by atoms with Crippen LogP contribution in [0, 0.1) is 0 Å². The molecule has 3 aromatic carbocycles. The van der Waals surface area contributed by atoms with Crippen molar-refractivity contribution in [1.29, 1.82) is 0 Å². The summed E-state index contributed by atoms with van der Waals surface area (Å²) in [6, 6.07) is 27.6. The Bertz CT molecular complexity index is 954. The zero-order valence-corrected chi connectivity index (χ0v) is 16.8. The van der Waals surface area contributed by atoms with E-state index in [-0.39, 0.29) is 12.1 Å². The van der Waals surface area contributed by atoms with Crippen molar-refractivity contribution in [2.45, 2.75) is 30.7 Å². The van der Waals surface area contributed by atoms with Crippen molar-refractivity contribution < 1.29 is 18.0 Å². The molecule has 0 spiro atoms. The van der Waals surface area contributed by atoms with Crippen LogP contribution < -0.4 is 5.32 Å². The van der Waals surface area contributed by atoms with Gasteiger partial charge in [0.1, 0.15) is 0 Å². The number of carbonyl (C=O) groups excluding carboxylic acids is 1. The van der Waals surface area contributed by atoms with Crippen LogP contribution in [0.1, 0.15) is 35.2 Å². The highest BCUT2D eigenvalue weighted by Gasteiger charge is 2.45. The molecule has 1 amide bonds. The van der Waals surface area contributed by atoms with Gasteiger partial charge in [0.25, 0.3) is 0 Å². The van der Waals surface area contributed by atoms with Gasteiger partial charge in [-0.05, 0) is 23.1 Å². The van der Waals surface area contributed by atoms with Crippen LogP contribution in [0.3, 0.4) is 0 Å². The maximum absolute atomic E-state index is 13.1. The van der Waals surface area contributed by atoms with Crippen LogP contribution in [0.25, 0.3) is 0 Å². The van der Waals surface area contributed by atoms with Crippen LogP contribution in [0.15, 0.2) is 91.0 Å². The van der Waals surface area contributed by atoms with Crippen LogP contribution in [-0.4, -0.2) is 29.6 Å². The van der Waals surface area contributed by atoms with Gasteiger partial charge in [0.2, 0.25) is 0 Å². The lowest BCUT2D eigenvalue weighted by molar-refractivity contribution is -0.175. The van der Waals surface area contributed by atoms with Gasteiger partial charge in [-0.2, -0.15) is 13.2 Å². The Balaban J connectivity index is 1.70. The third-order valence-corrected chi connectivity index (χ3v) is 5.76. The molecule has 6 heteroatoms. The highest BCUT2D eigenvalue weighted by molar-refractivity contribution is 5.82. The molecule has 0 aliphatic carbocycles. The molecule has 1 aliphatic heterocycles. The number of rotatable bonds is 6. The predicted molar refractivity (Wildman–Crippen MR) is 113 cm³/mol. The molecule has 2 unspecified atom stereocenters. The average molecular weight is 424 g/mol. The summed E-state index contributed by atoms with van der Waals surface area (Å²) in [5.74, 6) is -1.91. The lowest BCUT2D eigenvalue weighted by atomic mass is 9.84. The molecule has 31 heavy (non-hydrogen) atoms. The van der Waals surface area contributed by atoms with Gasteiger partial charge in [-0.15, -0.1) is 0 Å². The van der Waals surface area contributed by atoms with Crippen LogP contribution in [0.4, 0.5) is 13.2 Å². The van der Waals surface area contributed by atoms with E-state index in [0.29, 0.717) is 12.0 Å². The van der Waals surface area contributed by atoms with Crippen molar-refractivity contribution in [1.82, 2.24) is 10.2 Å². The van der Waals surface area contributed by atoms with Gasteiger partial charge in [-0.1, -0.05) is 91.0 Å². The molecule has 4 rings (SSSR count). The molecule has 3 nitrogen and oxygen atoms in total. The summed E-state index contributed by atoms with van der Waals surface area (Å²) in [6.07, 6.45) is -4.24. The lowest BCUT2D eigenvalue weighted by Gasteiger charge is -2.50. The van der Waals surface area contributed by atoms with Crippen LogP contribution in [0.5, 0.6) is 0 Å². The Morgan fingerprint density at radius 1 is 0.806 bits per heavy atom. The molecule has 1 fully saturated rings. The van der Waals surface area contributed by atoms with E-state index in [0.717, 1.165) is 17.7 Å². The van der Waals surface area contributed by atoms with Gasteiger partial charge < -0.3 is 5.32 Å². The summed E-state index contributed by atoms with van der Waals surface area (Å²) >= 11 is 0. The van der Waals surface area contributed by atoms with Gasteiger partial charge in [0.05, 0.1) is 12.1 Å². The van der Waals surface area contributed by atoms with E-state index in [1.165, 1.54) is 0 Å². The van der Waals surface area contributed by atoms with Gasteiger partial charge in [-0.25, -0.2) is 0 Å². The summed E-state index contributed by atoms with van der Waals surface area (Å²) in [6.45, 7) is 0.727. The number of halogens is 3. The van der Waals surface area contributed by atoms with Gasteiger partial charge in [0.15, 0.2) is 0 Å². The van der Waals surface area contributed by atoms with Crippen LogP contribution in [0.2, 0.25) is 0 Å². The highest BCUT2D eigenvalue weighted by Crippen LogP contribution is 2.40. The summed E-state index contributed by atoms with van der Waals surface area (Å²) < 4.78 is 39.2. The number of hydrogen-bond acceptors (Lipinski definition) is 2. The van der Waals surface area contributed by atoms with Crippen molar-refractivity contribution in [3.8, 4) is 0 Å². The van der Waals surface area contributed by atoms with Crippen molar-refractivity contribution in [3.05, 3.63) is 108 Å². The minimum atomic E-state index is -4.93. The van der Waals surface area contributed by atoms with Crippen molar-refractivity contribution in [2.75, 3.05) is 6.54 Å². The van der Waals surface area contributed by atoms with Crippen molar-refractivity contribution in [2.24, 2.45) is 0 Å². The number of nitrogens with one attached hydrogen (secondary N) is 1. The second kappa shape index (κ2) is 8.94. The topological polar surface area (TPSA) is 32.3 Å². The SMILES string of the molecule is O=C(NC(c1ccccc1)C1CCN1C(c1ccccc1)c1ccccc1)C(F)(F)F. The van der Waals surface area contributed by atoms with E-state index in [1.54, 1.807) is 30.3 Å². The molecule has 0 saturated carbocycles. The fraction of sp³-hybridized carbons (Fsp3) is 0.240. The molecule has 1 N–H and O–H groups in total. The fourth-order valence-corrected chi connectivity index (χ4v) is 4.24. The first-order valence-electron chi connectivity index (χ1n) is 10.2. The molecule has 1 heterocycles. The molecular formula is C25H23F3N2O. The maximum Gasteiger partial charge on any atom is 0.471 e. The van der Waals surface area contributed by atoms with Crippen LogP contribution in [-0.2, 0) is 4.79 Å². The number of carbonyl (C=O) groups is 1. The van der Waals surface area contributed by atoms with Crippen LogP contribution >= 0.6 is 0 Å². The minimum absolute atomic E-state index is 0.116. The molecule has 1 aliphatic rings. The quantitative estimate of drug-likeness (QED) is 0.585. The zero-order valence-electron chi connectivity index (χ0n) is 16.8. The standard InChI is InChI=1S/C25H23F3N2O/c26-25(27,28)24(31)29-22(18-10-4-1-5-11-18)21-16-17-30(21)23(19-12-6-2-7-13-19)20-14-8-3-9-15-20/h1-15,21-23H,16-17H2,(H,29,31). The maximum atomic E-state index is 13.1. The predicted octanol–water partition coefficient (Wildman–Crippen LogP) is 5.27. The molecule has 1 saturated heterocycles. The monoisotopic (exact) mass is 424 g/mol. The summed E-state index contributed by atoms with van der Waals surface area (Å²) in [4.78, 5) is 14.0. The normalized spacial score (nSPS) is 17.7. The second-order valence-electron chi connectivity index (χ2n) is 7.68. The number of hydrogen-bond donors (Lipinski definition) is 1. The number of likely N-dealkylation sites (tertiary alicyclic amines) is 1. The molecule has 0 radical (unpaired) electrons. The zero-order chi connectivity index (χ0) is 21.8. The molecule has 2 atom stereocenters. The molecule has 0 aromatic heterocycles. The largest absolute Gasteiger partial charge is 0.471 e. The van der Waals surface area contributed by atoms with Crippen molar-refractivity contribution >= 4 is 5.91 Å². The average Bonchev–Trinajstić information content (AvgIpc) is 2.77. The third kappa shape index (κ3) is 4.64. The minimum Gasteiger partial charge on any atom is -0.340 e. The first-order valence-corrected chi connectivity index (χ1v) is 10.2.